The molecule has 0 radical (unpaired) electrons. The maximum Gasteiger partial charge on any atom is 0.142 e. The van der Waals surface area contributed by atoms with Crippen molar-refractivity contribution in [2.45, 2.75) is 6.92 Å². The highest BCUT2D eigenvalue weighted by molar-refractivity contribution is 6.32. The van der Waals surface area contributed by atoms with Crippen molar-refractivity contribution in [2.75, 3.05) is 5.73 Å². The van der Waals surface area contributed by atoms with E-state index in [0.717, 1.165) is 16.8 Å². The summed E-state index contributed by atoms with van der Waals surface area (Å²) in [5.74, 6) is 0.337. The Balaban J connectivity index is 2.23. The summed E-state index contributed by atoms with van der Waals surface area (Å²) < 4.78 is 0. The van der Waals surface area contributed by atoms with Crippen molar-refractivity contribution in [1.82, 2.24) is 20.2 Å². The number of phenolic OH excluding ortho intramolecular Hbond substituents is 1. The van der Waals surface area contributed by atoms with Gasteiger partial charge in [0.25, 0.3) is 0 Å². The summed E-state index contributed by atoms with van der Waals surface area (Å²) in [4.78, 5) is 8.70. The molecule has 6 nitrogen and oxygen atoms in total. The maximum absolute atomic E-state index is 9.53. The first-order chi connectivity index (χ1) is 10.1. The lowest BCUT2D eigenvalue weighted by Gasteiger charge is -2.09. The van der Waals surface area contributed by atoms with Gasteiger partial charge in [0.05, 0.1) is 23.1 Å². The van der Waals surface area contributed by atoms with Gasteiger partial charge in [0, 0.05) is 16.8 Å². The van der Waals surface area contributed by atoms with Gasteiger partial charge in [-0.05, 0) is 25.1 Å². The standard InChI is InChI=1S/C14H12ClN5O/c1-7-9(5-18-20-7)14-13(17-6-12(16)19-14)8-2-3-11(21)10(15)4-8/h2-6,21H,1H3,(H2,16,19)(H,18,20). The molecule has 0 atom stereocenters. The molecule has 2 aromatic heterocycles. The molecular weight excluding hydrogens is 290 g/mol. The van der Waals surface area contributed by atoms with Crippen LogP contribution in [0.25, 0.3) is 22.5 Å². The van der Waals surface area contributed by atoms with Gasteiger partial charge in [-0.15, -0.1) is 0 Å². The number of anilines is 1. The average molecular weight is 302 g/mol. The number of nitrogens with two attached hydrogens (primary N) is 1. The number of H-pyrrole nitrogens is 1. The fraction of sp³-hybridized carbons (Fsp3) is 0.0714. The molecule has 0 aliphatic heterocycles. The highest BCUT2D eigenvalue weighted by atomic mass is 35.5. The monoisotopic (exact) mass is 301 g/mol. The highest BCUT2D eigenvalue weighted by Crippen LogP contribution is 2.34. The number of halogens is 1. The number of aromatic nitrogens is 4. The summed E-state index contributed by atoms with van der Waals surface area (Å²) >= 11 is 5.96. The van der Waals surface area contributed by atoms with E-state index < -0.39 is 0 Å². The quantitative estimate of drug-likeness (QED) is 0.675. The number of aromatic amines is 1. The van der Waals surface area contributed by atoms with Crippen LogP contribution >= 0.6 is 11.6 Å². The van der Waals surface area contributed by atoms with Gasteiger partial charge in [-0.1, -0.05) is 11.6 Å². The molecule has 0 saturated carbocycles. The Kier molecular flexibility index (Phi) is 3.23. The first-order valence-corrected chi connectivity index (χ1v) is 6.56. The van der Waals surface area contributed by atoms with Crippen LogP contribution < -0.4 is 5.73 Å². The van der Waals surface area contributed by atoms with Gasteiger partial charge in [0.15, 0.2) is 0 Å². The number of benzene rings is 1. The molecule has 0 aliphatic carbocycles. The predicted octanol–water partition coefficient (Wildman–Crippen LogP) is 2.78. The molecular formula is C14H12ClN5O. The Hall–Kier alpha value is -2.60. The molecule has 0 fully saturated rings. The van der Waals surface area contributed by atoms with Crippen molar-refractivity contribution >= 4 is 17.4 Å². The van der Waals surface area contributed by atoms with Crippen molar-refractivity contribution in [3.8, 4) is 28.3 Å². The summed E-state index contributed by atoms with van der Waals surface area (Å²) in [7, 11) is 0. The van der Waals surface area contributed by atoms with Crippen LogP contribution in [0.2, 0.25) is 5.02 Å². The van der Waals surface area contributed by atoms with E-state index in [1.165, 1.54) is 12.3 Å². The lowest BCUT2D eigenvalue weighted by molar-refractivity contribution is 0.475. The second-order valence-electron chi connectivity index (χ2n) is 4.57. The lowest BCUT2D eigenvalue weighted by Crippen LogP contribution is -1.98. The Morgan fingerprint density at radius 3 is 2.71 bits per heavy atom. The van der Waals surface area contributed by atoms with Crippen molar-refractivity contribution < 1.29 is 5.11 Å². The van der Waals surface area contributed by atoms with Gasteiger partial charge in [0.2, 0.25) is 0 Å². The van der Waals surface area contributed by atoms with Crippen LogP contribution in [0.3, 0.4) is 0 Å². The van der Waals surface area contributed by atoms with Crippen LogP contribution in [0.1, 0.15) is 5.69 Å². The van der Waals surface area contributed by atoms with Gasteiger partial charge in [-0.3, -0.25) is 10.1 Å². The fourth-order valence-corrected chi connectivity index (χ4v) is 2.23. The van der Waals surface area contributed by atoms with Crippen molar-refractivity contribution in [3.05, 3.63) is 41.3 Å². The smallest absolute Gasteiger partial charge is 0.142 e. The second kappa shape index (κ2) is 5.06. The summed E-state index contributed by atoms with van der Waals surface area (Å²) in [6.07, 6.45) is 3.15. The summed E-state index contributed by atoms with van der Waals surface area (Å²) in [5.41, 5.74) is 9.39. The molecule has 0 saturated heterocycles. The van der Waals surface area contributed by atoms with E-state index in [2.05, 4.69) is 20.2 Å². The topological polar surface area (TPSA) is 101 Å². The number of nitrogens with zero attached hydrogens (tertiary/aromatic N) is 3. The van der Waals surface area contributed by atoms with E-state index in [-0.39, 0.29) is 10.8 Å². The molecule has 0 amide bonds. The molecule has 3 aromatic rings. The first kappa shape index (κ1) is 13.4. The van der Waals surface area contributed by atoms with E-state index >= 15 is 0 Å². The molecule has 0 unspecified atom stereocenters. The number of aryl methyl sites for hydroxylation is 1. The summed E-state index contributed by atoms with van der Waals surface area (Å²) in [6.45, 7) is 1.89. The molecule has 106 valence electrons. The Labute approximate surface area is 125 Å². The van der Waals surface area contributed by atoms with Crippen LogP contribution in [0.15, 0.2) is 30.6 Å². The molecule has 0 bridgehead atoms. The zero-order valence-electron chi connectivity index (χ0n) is 11.1. The Bertz CT molecular complexity index is 815. The van der Waals surface area contributed by atoms with Crippen molar-refractivity contribution in [3.63, 3.8) is 0 Å². The molecule has 4 N–H and O–H groups in total. The van der Waals surface area contributed by atoms with Crippen LogP contribution in [0.4, 0.5) is 5.82 Å². The molecule has 3 rings (SSSR count). The zero-order valence-corrected chi connectivity index (χ0v) is 11.9. The van der Waals surface area contributed by atoms with Crippen molar-refractivity contribution in [2.24, 2.45) is 0 Å². The number of aromatic hydroxyl groups is 1. The number of rotatable bonds is 2. The average Bonchev–Trinajstić information content (AvgIpc) is 2.88. The number of phenols is 1. The van der Waals surface area contributed by atoms with Gasteiger partial charge < -0.3 is 10.8 Å². The second-order valence-corrected chi connectivity index (χ2v) is 4.97. The van der Waals surface area contributed by atoms with Gasteiger partial charge in [-0.25, -0.2) is 4.98 Å². The third kappa shape index (κ3) is 2.41. The molecule has 0 spiro atoms. The van der Waals surface area contributed by atoms with E-state index in [9.17, 15) is 5.11 Å². The minimum Gasteiger partial charge on any atom is -0.506 e. The number of hydrogen-bond acceptors (Lipinski definition) is 5. The van der Waals surface area contributed by atoms with E-state index in [0.29, 0.717) is 17.2 Å². The highest BCUT2D eigenvalue weighted by Gasteiger charge is 2.15. The number of nitrogens with one attached hydrogen (secondary N) is 1. The first-order valence-electron chi connectivity index (χ1n) is 6.18. The van der Waals surface area contributed by atoms with E-state index in [1.807, 2.05) is 6.92 Å². The number of hydrogen-bond donors (Lipinski definition) is 3. The van der Waals surface area contributed by atoms with Crippen molar-refractivity contribution in [1.29, 1.82) is 0 Å². The SMILES string of the molecule is Cc1[nH]ncc1-c1nc(N)cnc1-c1ccc(O)c(Cl)c1. The van der Waals surface area contributed by atoms with Gasteiger partial charge in [-0.2, -0.15) is 5.10 Å². The molecule has 2 heterocycles. The van der Waals surface area contributed by atoms with Crippen LogP contribution in [0, 0.1) is 6.92 Å². The Morgan fingerprint density at radius 1 is 1.24 bits per heavy atom. The van der Waals surface area contributed by atoms with Crippen LogP contribution in [-0.2, 0) is 0 Å². The zero-order chi connectivity index (χ0) is 15.0. The molecule has 7 heteroatoms. The summed E-state index contributed by atoms with van der Waals surface area (Å²) in [6, 6.07) is 4.87. The normalized spacial score (nSPS) is 10.8. The minimum absolute atomic E-state index is 0.0184. The van der Waals surface area contributed by atoms with Gasteiger partial charge >= 0.3 is 0 Å². The predicted molar refractivity (Wildman–Crippen MR) is 80.9 cm³/mol. The third-order valence-electron chi connectivity index (χ3n) is 3.10. The molecule has 21 heavy (non-hydrogen) atoms. The fourth-order valence-electron chi connectivity index (χ4n) is 2.05. The maximum atomic E-state index is 9.53. The third-order valence-corrected chi connectivity index (χ3v) is 3.40. The van der Waals surface area contributed by atoms with E-state index in [1.54, 1.807) is 18.3 Å². The van der Waals surface area contributed by atoms with E-state index in [4.69, 9.17) is 17.3 Å². The summed E-state index contributed by atoms with van der Waals surface area (Å²) in [5, 5.41) is 16.6. The van der Waals surface area contributed by atoms with Crippen LogP contribution in [0.5, 0.6) is 5.75 Å². The number of nitrogen functional groups attached to an aromatic ring is 1. The molecule has 1 aromatic carbocycles. The molecule has 0 aliphatic rings. The largest absolute Gasteiger partial charge is 0.506 e. The van der Waals surface area contributed by atoms with Crippen LogP contribution in [-0.4, -0.2) is 25.3 Å². The minimum atomic E-state index is 0.0184. The lowest BCUT2D eigenvalue weighted by atomic mass is 10.0. The Morgan fingerprint density at radius 2 is 2.05 bits per heavy atom. The van der Waals surface area contributed by atoms with Gasteiger partial charge in [0.1, 0.15) is 17.3 Å².